The second kappa shape index (κ2) is 8.95. The molecule has 2 aromatic carbocycles. The highest BCUT2D eigenvalue weighted by atomic mass is 16.2. The summed E-state index contributed by atoms with van der Waals surface area (Å²) < 4.78 is 2.07. The predicted octanol–water partition coefficient (Wildman–Crippen LogP) is 4.74. The number of rotatable bonds is 6. The number of hydrogen-bond donors (Lipinski definition) is 0. The zero-order chi connectivity index (χ0) is 21.9. The van der Waals surface area contributed by atoms with Gasteiger partial charge in [0.2, 0.25) is 5.91 Å². The molecular weight excluding hydrogens is 396 g/mol. The van der Waals surface area contributed by atoms with Crippen LogP contribution < -0.4 is 0 Å². The van der Waals surface area contributed by atoms with E-state index in [4.69, 9.17) is 4.98 Å². The third kappa shape index (κ3) is 4.42. The molecule has 1 saturated heterocycles. The van der Waals surface area contributed by atoms with E-state index >= 15 is 0 Å². The molecule has 0 aliphatic carbocycles. The maximum absolute atomic E-state index is 12.9. The molecule has 3 heterocycles. The number of fused-ring (bicyclic) bond motifs is 1. The van der Waals surface area contributed by atoms with Crippen LogP contribution in [-0.2, 0) is 17.8 Å². The Morgan fingerprint density at radius 1 is 1.03 bits per heavy atom. The Kier molecular flexibility index (Phi) is 5.71. The first-order valence-electron chi connectivity index (χ1n) is 11.3. The summed E-state index contributed by atoms with van der Waals surface area (Å²) in [4.78, 5) is 24.1. The van der Waals surface area contributed by atoms with Crippen LogP contribution in [0.4, 0.5) is 0 Å². The number of amides is 1. The summed E-state index contributed by atoms with van der Waals surface area (Å²) in [6.45, 7) is 4.28. The van der Waals surface area contributed by atoms with Crippen molar-refractivity contribution in [3.05, 3.63) is 95.6 Å². The lowest BCUT2D eigenvalue weighted by Gasteiger charge is -2.17. The highest BCUT2D eigenvalue weighted by Gasteiger charge is 2.28. The first kappa shape index (κ1) is 20.4. The van der Waals surface area contributed by atoms with E-state index in [1.165, 1.54) is 11.1 Å². The summed E-state index contributed by atoms with van der Waals surface area (Å²) in [5, 5.41) is 0. The molecule has 0 N–H and O–H groups in total. The van der Waals surface area contributed by atoms with Gasteiger partial charge in [-0.3, -0.25) is 9.78 Å². The number of aromatic nitrogens is 3. The van der Waals surface area contributed by atoms with Gasteiger partial charge in [0.05, 0.1) is 17.4 Å². The second-order valence-electron chi connectivity index (χ2n) is 8.71. The minimum absolute atomic E-state index is 0.211. The summed E-state index contributed by atoms with van der Waals surface area (Å²) in [6.07, 6.45) is 4.20. The van der Waals surface area contributed by atoms with Gasteiger partial charge in [-0.15, -0.1) is 0 Å². The molecule has 0 radical (unpaired) electrons. The van der Waals surface area contributed by atoms with Crippen LogP contribution in [0.1, 0.15) is 41.3 Å². The van der Waals surface area contributed by atoms with E-state index in [0.717, 1.165) is 48.4 Å². The molecule has 5 heteroatoms. The molecule has 5 nitrogen and oxygen atoms in total. The first-order chi connectivity index (χ1) is 15.7. The quantitative estimate of drug-likeness (QED) is 0.449. The number of hydrogen-bond acceptors (Lipinski definition) is 3. The Morgan fingerprint density at radius 2 is 1.84 bits per heavy atom. The topological polar surface area (TPSA) is 51.0 Å². The maximum Gasteiger partial charge on any atom is 0.224 e. The molecule has 0 bridgehead atoms. The van der Waals surface area contributed by atoms with Crippen LogP contribution in [0, 0.1) is 6.92 Å². The average Bonchev–Trinajstić information content (AvgIpc) is 3.46. The Labute approximate surface area is 188 Å². The van der Waals surface area contributed by atoms with Crippen LogP contribution in [0.25, 0.3) is 11.0 Å². The van der Waals surface area contributed by atoms with Gasteiger partial charge in [-0.2, -0.15) is 0 Å². The SMILES string of the molecule is Cc1cc(Cc2ccccc2)cc([C@H]2CCN(C(=O)CCn3cnc4ccccc43)C2)n1. The lowest BCUT2D eigenvalue weighted by atomic mass is 9.98. The van der Waals surface area contributed by atoms with E-state index in [-0.39, 0.29) is 5.91 Å². The van der Waals surface area contributed by atoms with Gasteiger partial charge in [0.15, 0.2) is 0 Å². The zero-order valence-corrected chi connectivity index (χ0v) is 18.4. The molecule has 5 rings (SSSR count). The number of likely N-dealkylation sites (tertiary alicyclic amines) is 1. The number of carbonyl (C=O) groups is 1. The smallest absolute Gasteiger partial charge is 0.224 e. The van der Waals surface area contributed by atoms with Crippen molar-refractivity contribution >= 4 is 16.9 Å². The number of nitrogens with zero attached hydrogens (tertiary/aromatic N) is 4. The van der Waals surface area contributed by atoms with Gasteiger partial charge >= 0.3 is 0 Å². The zero-order valence-electron chi connectivity index (χ0n) is 18.4. The molecule has 4 aromatic rings. The fourth-order valence-corrected chi connectivity index (χ4v) is 4.70. The highest BCUT2D eigenvalue weighted by Crippen LogP contribution is 2.28. The molecule has 1 amide bonds. The standard InChI is InChI=1S/C27H28N4O/c1-20-15-22(16-21-7-3-2-4-8-21)17-25(29-20)23-11-13-30(18-23)27(32)12-14-31-19-28-24-9-5-6-10-26(24)31/h2-10,15,17,19,23H,11-14,16,18H2,1H3/t23-/m0/s1. The first-order valence-corrected chi connectivity index (χ1v) is 11.3. The van der Waals surface area contributed by atoms with Crippen LogP contribution in [0.15, 0.2) is 73.1 Å². The summed E-state index contributed by atoms with van der Waals surface area (Å²) in [7, 11) is 0. The third-order valence-electron chi connectivity index (χ3n) is 6.34. The lowest BCUT2D eigenvalue weighted by Crippen LogP contribution is -2.29. The van der Waals surface area contributed by atoms with Crippen molar-refractivity contribution < 1.29 is 4.79 Å². The van der Waals surface area contributed by atoms with Gasteiger partial charge in [-0.25, -0.2) is 4.98 Å². The fraction of sp³-hybridized carbons (Fsp3) is 0.296. The van der Waals surface area contributed by atoms with Crippen molar-refractivity contribution in [2.75, 3.05) is 13.1 Å². The van der Waals surface area contributed by atoms with E-state index in [0.29, 0.717) is 18.9 Å². The van der Waals surface area contributed by atoms with Crippen molar-refractivity contribution in [2.24, 2.45) is 0 Å². The van der Waals surface area contributed by atoms with E-state index in [2.05, 4.69) is 58.9 Å². The number of carbonyl (C=O) groups excluding carboxylic acids is 1. The van der Waals surface area contributed by atoms with E-state index in [1.54, 1.807) is 0 Å². The normalized spacial score (nSPS) is 16.0. The molecule has 162 valence electrons. The number of benzene rings is 2. The molecule has 32 heavy (non-hydrogen) atoms. The number of para-hydroxylation sites is 2. The monoisotopic (exact) mass is 424 g/mol. The molecule has 1 atom stereocenters. The van der Waals surface area contributed by atoms with Crippen molar-refractivity contribution in [1.29, 1.82) is 0 Å². The minimum atomic E-state index is 0.211. The molecule has 0 spiro atoms. The highest BCUT2D eigenvalue weighted by molar-refractivity contribution is 5.78. The van der Waals surface area contributed by atoms with Crippen LogP contribution in [-0.4, -0.2) is 38.4 Å². The van der Waals surface area contributed by atoms with E-state index in [1.807, 2.05) is 35.5 Å². The summed E-state index contributed by atoms with van der Waals surface area (Å²) in [5.41, 5.74) is 6.80. The Hall–Kier alpha value is -3.47. The van der Waals surface area contributed by atoms with Gasteiger partial charge in [0.1, 0.15) is 0 Å². The predicted molar refractivity (Wildman–Crippen MR) is 127 cm³/mol. The molecule has 1 aliphatic rings. The molecule has 0 unspecified atom stereocenters. The minimum Gasteiger partial charge on any atom is -0.342 e. The van der Waals surface area contributed by atoms with Gasteiger partial charge in [0.25, 0.3) is 0 Å². The summed E-state index contributed by atoms with van der Waals surface area (Å²) >= 11 is 0. The largest absolute Gasteiger partial charge is 0.342 e. The van der Waals surface area contributed by atoms with E-state index < -0.39 is 0 Å². The molecule has 1 aliphatic heterocycles. The van der Waals surface area contributed by atoms with Gasteiger partial charge in [-0.1, -0.05) is 42.5 Å². The van der Waals surface area contributed by atoms with Crippen LogP contribution >= 0.6 is 0 Å². The van der Waals surface area contributed by atoms with Crippen molar-refractivity contribution in [3.63, 3.8) is 0 Å². The van der Waals surface area contributed by atoms with Crippen molar-refractivity contribution in [1.82, 2.24) is 19.4 Å². The maximum atomic E-state index is 12.9. The average molecular weight is 425 g/mol. The second-order valence-corrected chi connectivity index (χ2v) is 8.71. The number of aryl methyl sites for hydroxylation is 2. The van der Waals surface area contributed by atoms with Gasteiger partial charge in [0, 0.05) is 43.4 Å². The summed E-state index contributed by atoms with van der Waals surface area (Å²) in [5.74, 6) is 0.518. The molecule has 0 saturated carbocycles. The van der Waals surface area contributed by atoms with Gasteiger partial charge in [-0.05, 0) is 55.2 Å². The van der Waals surface area contributed by atoms with Crippen LogP contribution in [0.5, 0.6) is 0 Å². The lowest BCUT2D eigenvalue weighted by molar-refractivity contribution is -0.130. The van der Waals surface area contributed by atoms with Crippen LogP contribution in [0.2, 0.25) is 0 Å². The fourth-order valence-electron chi connectivity index (χ4n) is 4.70. The summed E-state index contributed by atoms with van der Waals surface area (Å²) in [6, 6.07) is 23.0. The van der Waals surface area contributed by atoms with Crippen molar-refractivity contribution in [3.8, 4) is 0 Å². The van der Waals surface area contributed by atoms with E-state index in [9.17, 15) is 4.79 Å². The van der Waals surface area contributed by atoms with Crippen LogP contribution in [0.3, 0.4) is 0 Å². The Balaban J connectivity index is 1.22. The molecule has 2 aromatic heterocycles. The van der Waals surface area contributed by atoms with Crippen molar-refractivity contribution in [2.45, 2.75) is 38.6 Å². The van der Waals surface area contributed by atoms with Gasteiger partial charge < -0.3 is 9.47 Å². The number of imidazole rings is 1. The molecule has 1 fully saturated rings. The molecular formula is C27H28N4O. The Bertz CT molecular complexity index is 1230. The number of pyridine rings is 1. The third-order valence-corrected chi connectivity index (χ3v) is 6.34. The Morgan fingerprint density at radius 3 is 2.72 bits per heavy atom.